The van der Waals surface area contributed by atoms with Crippen molar-refractivity contribution in [3.05, 3.63) is 59.1 Å². The summed E-state index contributed by atoms with van der Waals surface area (Å²) in [6.07, 6.45) is 0. The van der Waals surface area contributed by atoms with Crippen LogP contribution in [0.2, 0.25) is 5.02 Å². The highest BCUT2D eigenvalue weighted by molar-refractivity contribution is 6.30. The van der Waals surface area contributed by atoms with Gasteiger partial charge >= 0.3 is 6.03 Å². The van der Waals surface area contributed by atoms with Gasteiger partial charge in [-0.3, -0.25) is 0 Å². The summed E-state index contributed by atoms with van der Waals surface area (Å²) in [5.74, 6) is 0. The summed E-state index contributed by atoms with van der Waals surface area (Å²) < 4.78 is 0. The Morgan fingerprint density at radius 3 is 1.95 bits per heavy atom. The molecule has 0 heterocycles. The number of anilines is 2. The first kappa shape index (κ1) is 14.9. The maximum atomic E-state index is 11.8. The third-order valence-corrected chi connectivity index (χ3v) is 3.06. The van der Waals surface area contributed by atoms with Crippen LogP contribution >= 0.6 is 11.6 Å². The molecule has 0 aliphatic heterocycles. The largest absolute Gasteiger partial charge is 0.411 e. The maximum absolute atomic E-state index is 11.8. The van der Waals surface area contributed by atoms with E-state index in [1.54, 1.807) is 55.5 Å². The van der Waals surface area contributed by atoms with Crippen molar-refractivity contribution in [1.29, 1.82) is 0 Å². The van der Waals surface area contributed by atoms with Crippen molar-refractivity contribution >= 4 is 34.7 Å². The predicted octanol–water partition coefficient (Wildman–Crippen LogP) is 4.18. The number of rotatable bonds is 3. The lowest BCUT2D eigenvalue weighted by atomic mass is 10.1. The monoisotopic (exact) mass is 303 g/mol. The fraction of sp³-hybridized carbons (Fsp3) is 0.0667. The van der Waals surface area contributed by atoms with E-state index in [1.165, 1.54) is 0 Å². The molecular weight excluding hydrogens is 290 g/mol. The van der Waals surface area contributed by atoms with Crippen LogP contribution < -0.4 is 10.6 Å². The molecular formula is C15H14ClN3O2. The second-order valence-electron chi connectivity index (χ2n) is 4.35. The van der Waals surface area contributed by atoms with Crippen molar-refractivity contribution in [1.82, 2.24) is 0 Å². The molecule has 0 unspecified atom stereocenters. The molecule has 21 heavy (non-hydrogen) atoms. The Morgan fingerprint density at radius 1 is 1.00 bits per heavy atom. The summed E-state index contributed by atoms with van der Waals surface area (Å²) in [6, 6.07) is 13.4. The SMILES string of the molecule is C/C(=N\O)c1ccc(NC(=O)Nc2ccc(Cl)cc2)cc1. The highest BCUT2D eigenvalue weighted by Gasteiger charge is 2.03. The predicted molar refractivity (Wildman–Crippen MR) is 84.5 cm³/mol. The number of amides is 2. The van der Waals surface area contributed by atoms with Crippen molar-refractivity contribution in [3.63, 3.8) is 0 Å². The van der Waals surface area contributed by atoms with E-state index in [2.05, 4.69) is 15.8 Å². The molecule has 5 nitrogen and oxygen atoms in total. The Labute approximate surface area is 127 Å². The fourth-order valence-corrected chi connectivity index (χ4v) is 1.81. The van der Waals surface area contributed by atoms with E-state index in [0.29, 0.717) is 22.1 Å². The highest BCUT2D eigenvalue weighted by Crippen LogP contribution is 2.14. The first-order chi connectivity index (χ1) is 10.1. The smallest absolute Gasteiger partial charge is 0.323 e. The molecule has 6 heteroatoms. The molecule has 0 atom stereocenters. The maximum Gasteiger partial charge on any atom is 0.323 e. The molecule has 2 rings (SSSR count). The first-order valence-electron chi connectivity index (χ1n) is 6.21. The molecule has 0 saturated heterocycles. The first-order valence-corrected chi connectivity index (χ1v) is 6.59. The average Bonchev–Trinajstić information content (AvgIpc) is 2.49. The fourth-order valence-electron chi connectivity index (χ4n) is 1.68. The quantitative estimate of drug-likeness (QED) is 0.452. The van der Waals surface area contributed by atoms with Gasteiger partial charge in [0, 0.05) is 16.4 Å². The standard InChI is InChI=1S/C15H14ClN3O2/c1-10(19-21)11-2-6-13(7-3-11)17-15(20)18-14-8-4-12(16)5-9-14/h2-9,21H,1H3,(H2,17,18,20)/b19-10+. The van der Waals surface area contributed by atoms with E-state index in [9.17, 15) is 4.79 Å². The molecule has 0 aliphatic carbocycles. The molecule has 2 amide bonds. The Balaban J connectivity index is 1.98. The normalized spacial score (nSPS) is 11.0. The number of nitrogens with zero attached hydrogens (tertiary/aromatic N) is 1. The average molecular weight is 304 g/mol. The molecule has 0 spiro atoms. The summed E-state index contributed by atoms with van der Waals surface area (Å²) in [6.45, 7) is 1.69. The molecule has 2 aromatic carbocycles. The minimum atomic E-state index is -0.349. The van der Waals surface area contributed by atoms with Gasteiger partial charge in [-0.05, 0) is 48.9 Å². The molecule has 0 aromatic heterocycles. The van der Waals surface area contributed by atoms with Gasteiger partial charge in [0.05, 0.1) is 5.71 Å². The Hall–Kier alpha value is -2.53. The van der Waals surface area contributed by atoms with Crippen molar-refractivity contribution in [2.45, 2.75) is 6.92 Å². The lowest BCUT2D eigenvalue weighted by Crippen LogP contribution is -2.19. The topological polar surface area (TPSA) is 73.7 Å². The van der Waals surface area contributed by atoms with E-state index in [1.807, 2.05) is 0 Å². The Morgan fingerprint density at radius 2 is 1.48 bits per heavy atom. The minimum absolute atomic E-state index is 0.349. The van der Waals surface area contributed by atoms with Gasteiger partial charge in [0.1, 0.15) is 0 Å². The van der Waals surface area contributed by atoms with Gasteiger partial charge in [-0.25, -0.2) is 4.79 Å². The van der Waals surface area contributed by atoms with Crippen molar-refractivity contribution in [3.8, 4) is 0 Å². The number of nitrogens with one attached hydrogen (secondary N) is 2. The van der Waals surface area contributed by atoms with E-state index < -0.39 is 0 Å². The third kappa shape index (κ3) is 4.22. The molecule has 0 bridgehead atoms. The van der Waals surface area contributed by atoms with Crippen LogP contribution in [0, 0.1) is 0 Å². The van der Waals surface area contributed by atoms with Gasteiger partial charge < -0.3 is 15.8 Å². The number of hydrogen-bond donors (Lipinski definition) is 3. The van der Waals surface area contributed by atoms with E-state index in [-0.39, 0.29) is 6.03 Å². The molecule has 3 N–H and O–H groups in total. The molecule has 0 radical (unpaired) electrons. The van der Waals surface area contributed by atoms with Gasteiger partial charge in [0.15, 0.2) is 0 Å². The van der Waals surface area contributed by atoms with Gasteiger partial charge in [-0.2, -0.15) is 0 Å². The van der Waals surface area contributed by atoms with Crippen LogP contribution in [0.4, 0.5) is 16.2 Å². The van der Waals surface area contributed by atoms with Gasteiger partial charge in [0.2, 0.25) is 0 Å². The van der Waals surface area contributed by atoms with Gasteiger partial charge in [-0.15, -0.1) is 0 Å². The lowest BCUT2D eigenvalue weighted by molar-refractivity contribution is 0.262. The van der Waals surface area contributed by atoms with Crippen LogP contribution in [0.5, 0.6) is 0 Å². The zero-order chi connectivity index (χ0) is 15.2. The second-order valence-corrected chi connectivity index (χ2v) is 4.79. The van der Waals surface area contributed by atoms with Crippen LogP contribution in [0.1, 0.15) is 12.5 Å². The second kappa shape index (κ2) is 6.76. The highest BCUT2D eigenvalue weighted by atomic mass is 35.5. The van der Waals surface area contributed by atoms with Crippen LogP contribution in [0.25, 0.3) is 0 Å². The Bertz CT molecular complexity index is 652. The zero-order valence-corrected chi connectivity index (χ0v) is 12.1. The van der Waals surface area contributed by atoms with Crippen molar-refractivity contribution < 1.29 is 10.0 Å². The number of urea groups is 1. The number of carbonyl (C=O) groups is 1. The summed E-state index contributed by atoms with van der Waals surface area (Å²) >= 11 is 5.77. The third-order valence-electron chi connectivity index (χ3n) is 2.81. The summed E-state index contributed by atoms with van der Waals surface area (Å²) in [7, 11) is 0. The molecule has 108 valence electrons. The van der Waals surface area contributed by atoms with Gasteiger partial charge in [-0.1, -0.05) is 28.9 Å². The number of carbonyl (C=O) groups excluding carboxylic acids is 1. The number of benzene rings is 2. The molecule has 0 saturated carbocycles. The van der Waals surface area contributed by atoms with E-state index in [4.69, 9.17) is 16.8 Å². The summed E-state index contributed by atoms with van der Waals surface area (Å²) in [4.78, 5) is 11.8. The van der Waals surface area contributed by atoms with E-state index >= 15 is 0 Å². The van der Waals surface area contributed by atoms with Crippen LogP contribution in [-0.4, -0.2) is 17.0 Å². The van der Waals surface area contributed by atoms with E-state index in [0.717, 1.165) is 5.56 Å². The number of oxime groups is 1. The molecule has 0 fully saturated rings. The number of halogens is 1. The number of hydrogen-bond acceptors (Lipinski definition) is 3. The van der Waals surface area contributed by atoms with Crippen LogP contribution in [0.15, 0.2) is 53.7 Å². The Kier molecular flexibility index (Phi) is 4.79. The van der Waals surface area contributed by atoms with Gasteiger partial charge in [0.25, 0.3) is 0 Å². The molecule has 0 aliphatic rings. The summed E-state index contributed by atoms with van der Waals surface area (Å²) in [5, 5.41) is 17.8. The van der Waals surface area contributed by atoms with Crippen molar-refractivity contribution in [2.75, 3.05) is 10.6 Å². The van der Waals surface area contributed by atoms with Crippen LogP contribution in [-0.2, 0) is 0 Å². The van der Waals surface area contributed by atoms with Crippen molar-refractivity contribution in [2.24, 2.45) is 5.16 Å². The summed E-state index contributed by atoms with van der Waals surface area (Å²) in [5.41, 5.74) is 2.57. The minimum Gasteiger partial charge on any atom is -0.411 e. The molecule has 2 aromatic rings. The van der Waals surface area contributed by atoms with Crippen LogP contribution in [0.3, 0.4) is 0 Å². The lowest BCUT2D eigenvalue weighted by Gasteiger charge is -2.08. The zero-order valence-electron chi connectivity index (χ0n) is 11.3.